The minimum atomic E-state index is 0.0236. The average Bonchev–Trinajstić information content (AvgIpc) is 3.30. The van der Waals surface area contributed by atoms with E-state index >= 15 is 0 Å². The third-order valence-corrected chi connectivity index (χ3v) is 5.37. The molecule has 0 unspecified atom stereocenters. The van der Waals surface area contributed by atoms with Gasteiger partial charge in [-0.25, -0.2) is 0 Å². The predicted octanol–water partition coefficient (Wildman–Crippen LogP) is 3.79. The van der Waals surface area contributed by atoms with Crippen LogP contribution in [0.25, 0.3) is 0 Å². The Bertz CT molecular complexity index is 732. The maximum absolute atomic E-state index is 5.80. The summed E-state index contributed by atoms with van der Waals surface area (Å²) in [5, 5.41) is 8.29. The summed E-state index contributed by atoms with van der Waals surface area (Å²) < 4.78 is 13.5. The Labute approximate surface area is 149 Å². The third-order valence-electron chi connectivity index (χ3n) is 5.37. The minimum absolute atomic E-state index is 0.0236. The van der Waals surface area contributed by atoms with E-state index in [-0.39, 0.29) is 5.54 Å². The van der Waals surface area contributed by atoms with Gasteiger partial charge in [-0.1, -0.05) is 18.9 Å². The van der Waals surface area contributed by atoms with Crippen molar-refractivity contribution in [1.82, 2.24) is 15.1 Å². The molecule has 1 aromatic carbocycles. The molecule has 0 spiro atoms. The fraction of sp³-hybridized carbons (Fsp3) is 0.550. The molecule has 0 saturated heterocycles. The molecule has 2 heterocycles. The first-order chi connectivity index (χ1) is 12.2. The van der Waals surface area contributed by atoms with E-state index in [4.69, 9.17) is 9.47 Å². The first kappa shape index (κ1) is 16.5. The topological polar surface area (TPSA) is 48.3 Å². The second-order valence-corrected chi connectivity index (χ2v) is 7.42. The zero-order chi connectivity index (χ0) is 17.3. The van der Waals surface area contributed by atoms with Crippen LogP contribution in [0.4, 0.5) is 0 Å². The second-order valence-electron chi connectivity index (χ2n) is 7.42. The maximum Gasteiger partial charge on any atom is 0.161 e. The number of nitrogens with zero attached hydrogens (tertiary/aromatic N) is 2. The number of rotatable bonds is 5. The van der Waals surface area contributed by atoms with Crippen LogP contribution in [0.3, 0.4) is 0 Å². The van der Waals surface area contributed by atoms with Gasteiger partial charge in [-0.15, -0.1) is 0 Å². The van der Waals surface area contributed by atoms with Crippen LogP contribution in [-0.4, -0.2) is 23.0 Å². The molecular formula is C20H27N3O2. The van der Waals surface area contributed by atoms with Gasteiger partial charge in [-0.05, 0) is 44.4 Å². The molecule has 0 atom stereocenters. The molecule has 134 valence electrons. The smallest absolute Gasteiger partial charge is 0.161 e. The lowest BCUT2D eigenvalue weighted by atomic mass is 9.87. The predicted molar refractivity (Wildman–Crippen MR) is 97.0 cm³/mol. The normalized spacial score (nSPS) is 18.7. The average molecular weight is 341 g/mol. The Hall–Kier alpha value is -2.01. The molecule has 1 aromatic heterocycles. The van der Waals surface area contributed by atoms with E-state index in [2.05, 4.69) is 48.7 Å². The van der Waals surface area contributed by atoms with Crippen molar-refractivity contribution >= 4 is 0 Å². The quantitative estimate of drug-likeness (QED) is 0.899. The Morgan fingerprint density at radius 3 is 2.64 bits per heavy atom. The van der Waals surface area contributed by atoms with Gasteiger partial charge in [0.2, 0.25) is 0 Å². The van der Waals surface area contributed by atoms with Crippen molar-refractivity contribution in [3.63, 3.8) is 0 Å². The molecule has 1 fully saturated rings. The molecule has 1 N–H and O–H groups in total. The van der Waals surface area contributed by atoms with Crippen LogP contribution in [0.1, 0.15) is 56.7 Å². The second kappa shape index (κ2) is 6.71. The standard InChI is InChI=1S/C20H27N3O2/c1-15(2)23-14-16(13-22-23)12-21-20(7-3-4-8-20)17-5-6-18-19(11-17)25-10-9-24-18/h5-6,11,13-15,21H,3-4,7-10,12H2,1-2H3. The molecule has 2 aromatic rings. The zero-order valence-electron chi connectivity index (χ0n) is 15.1. The van der Waals surface area contributed by atoms with E-state index in [0.717, 1.165) is 30.9 Å². The van der Waals surface area contributed by atoms with E-state index in [0.29, 0.717) is 19.3 Å². The summed E-state index contributed by atoms with van der Waals surface area (Å²) in [5.41, 5.74) is 2.57. The van der Waals surface area contributed by atoms with Crippen molar-refractivity contribution in [3.05, 3.63) is 41.7 Å². The monoisotopic (exact) mass is 341 g/mol. The van der Waals surface area contributed by atoms with E-state index in [1.165, 1.54) is 24.0 Å². The van der Waals surface area contributed by atoms with Crippen LogP contribution >= 0.6 is 0 Å². The molecule has 1 aliphatic heterocycles. The molecule has 0 radical (unpaired) electrons. The fourth-order valence-corrected chi connectivity index (χ4v) is 3.91. The first-order valence-corrected chi connectivity index (χ1v) is 9.34. The number of hydrogen-bond acceptors (Lipinski definition) is 4. The summed E-state index contributed by atoms with van der Waals surface area (Å²) in [4.78, 5) is 0. The molecule has 0 amide bonds. The van der Waals surface area contributed by atoms with Gasteiger partial charge in [-0.3, -0.25) is 4.68 Å². The lowest BCUT2D eigenvalue weighted by molar-refractivity contribution is 0.170. The highest BCUT2D eigenvalue weighted by Gasteiger charge is 2.36. The molecule has 5 heteroatoms. The van der Waals surface area contributed by atoms with Crippen LogP contribution < -0.4 is 14.8 Å². The Morgan fingerprint density at radius 1 is 1.16 bits per heavy atom. The summed E-state index contributed by atoms with van der Waals surface area (Å²) in [7, 11) is 0. The highest BCUT2D eigenvalue weighted by atomic mass is 16.6. The molecule has 5 nitrogen and oxygen atoms in total. The van der Waals surface area contributed by atoms with E-state index in [1.807, 2.05) is 10.9 Å². The van der Waals surface area contributed by atoms with Crippen molar-refractivity contribution in [2.75, 3.05) is 13.2 Å². The summed E-state index contributed by atoms with van der Waals surface area (Å²) in [6, 6.07) is 6.82. The Balaban J connectivity index is 1.55. The Kier molecular flexibility index (Phi) is 4.42. The van der Waals surface area contributed by atoms with Crippen molar-refractivity contribution in [1.29, 1.82) is 0 Å². The van der Waals surface area contributed by atoms with Crippen LogP contribution in [-0.2, 0) is 12.1 Å². The maximum atomic E-state index is 5.80. The largest absolute Gasteiger partial charge is 0.486 e. The SMILES string of the molecule is CC(C)n1cc(CNC2(c3ccc4c(c3)OCCO4)CCCC2)cn1. The number of aromatic nitrogens is 2. The summed E-state index contributed by atoms with van der Waals surface area (Å²) in [6.45, 7) is 6.40. The van der Waals surface area contributed by atoms with Gasteiger partial charge in [0.05, 0.1) is 6.20 Å². The van der Waals surface area contributed by atoms with Crippen LogP contribution in [0.15, 0.2) is 30.6 Å². The minimum Gasteiger partial charge on any atom is -0.486 e. The number of ether oxygens (including phenoxy) is 2. The zero-order valence-corrected chi connectivity index (χ0v) is 15.1. The summed E-state index contributed by atoms with van der Waals surface area (Å²) >= 11 is 0. The van der Waals surface area contributed by atoms with Gasteiger partial charge < -0.3 is 14.8 Å². The van der Waals surface area contributed by atoms with Crippen LogP contribution in [0.5, 0.6) is 11.5 Å². The third kappa shape index (κ3) is 3.25. The molecule has 1 saturated carbocycles. The van der Waals surface area contributed by atoms with Gasteiger partial charge in [0.15, 0.2) is 11.5 Å². The number of benzene rings is 1. The van der Waals surface area contributed by atoms with Gasteiger partial charge in [0.1, 0.15) is 13.2 Å². The van der Waals surface area contributed by atoms with E-state index < -0.39 is 0 Å². The van der Waals surface area contributed by atoms with Crippen molar-refractivity contribution in [2.24, 2.45) is 0 Å². The summed E-state index contributed by atoms with van der Waals surface area (Å²) in [5.74, 6) is 1.74. The molecule has 4 rings (SSSR count). The molecule has 2 aliphatic rings. The first-order valence-electron chi connectivity index (χ1n) is 9.34. The van der Waals surface area contributed by atoms with Crippen LogP contribution in [0.2, 0.25) is 0 Å². The van der Waals surface area contributed by atoms with E-state index in [1.54, 1.807) is 0 Å². The lowest BCUT2D eigenvalue weighted by Gasteiger charge is -2.32. The van der Waals surface area contributed by atoms with E-state index in [9.17, 15) is 0 Å². The molecule has 25 heavy (non-hydrogen) atoms. The van der Waals surface area contributed by atoms with Crippen molar-refractivity contribution in [3.8, 4) is 11.5 Å². The van der Waals surface area contributed by atoms with Gasteiger partial charge >= 0.3 is 0 Å². The number of hydrogen-bond donors (Lipinski definition) is 1. The highest BCUT2D eigenvalue weighted by molar-refractivity contribution is 5.46. The number of fused-ring (bicyclic) bond motifs is 1. The highest BCUT2D eigenvalue weighted by Crippen LogP contribution is 2.42. The van der Waals surface area contributed by atoms with Crippen molar-refractivity contribution < 1.29 is 9.47 Å². The number of nitrogens with one attached hydrogen (secondary N) is 1. The van der Waals surface area contributed by atoms with Gasteiger partial charge in [0.25, 0.3) is 0 Å². The van der Waals surface area contributed by atoms with Gasteiger partial charge in [0, 0.05) is 29.9 Å². The van der Waals surface area contributed by atoms with Gasteiger partial charge in [-0.2, -0.15) is 5.10 Å². The lowest BCUT2D eigenvalue weighted by Crippen LogP contribution is -2.39. The fourth-order valence-electron chi connectivity index (χ4n) is 3.91. The molecule has 0 bridgehead atoms. The molecular weight excluding hydrogens is 314 g/mol. The Morgan fingerprint density at radius 2 is 1.92 bits per heavy atom. The molecule has 1 aliphatic carbocycles. The summed E-state index contributed by atoms with van der Waals surface area (Å²) in [6.07, 6.45) is 8.94. The van der Waals surface area contributed by atoms with Crippen LogP contribution in [0, 0.1) is 0 Å². The van der Waals surface area contributed by atoms with Crippen molar-refractivity contribution in [2.45, 2.75) is 57.7 Å².